The Hall–Kier alpha value is -3.94. The molecule has 146 valence electrons. The molecule has 2 aromatic heterocycles. The van der Waals surface area contributed by atoms with E-state index in [0.29, 0.717) is 11.6 Å². The zero-order valence-corrected chi connectivity index (χ0v) is 15.0. The number of aromatic amines is 1. The van der Waals surface area contributed by atoms with Crippen LogP contribution in [-0.2, 0) is 6.61 Å². The van der Waals surface area contributed by atoms with Crippen molar-refractivity contribution in [2.75, 3.05) is 5.32 Å². The number of rotatable bonds is 6. The minimum atomic E-state index is -0.817. The van der Waals surface area contributed by atoms with Crippen molar-refractivity contribution < 1.29 is 22.7 Å². The van der Waals surface area contributed by atoms with Crippen molar-refractivity contribution in [3.63, 3.8) is 0 Å². The van der Waals surface area contributed by atoms with E-state index in [-0.39, 0.29) is 18.1 Å². The van der Waals surface area contributed by atoms with E-state index in [0.717, 1.165) is 23.4 Å². The smallest absolute Gasteiger partial charge is 0.292 e. The van der Waals surface area contributed by atoms with Crippen LogP contribution in [0.25, 0.3) is 11.3 Å². The lowest BCUT2D eigenvalue weighted by molar-refractivity contribution is 0.0992. The number of amides is 1. The van der Waals surface area contributed by atoms with Crippen LogP contribution < -0.4 is 10.1 Å². The van der Waals surface area contributed by atoms with E-state index in [9.17, 15) is 13.6 Å². The average Bonchev–Trinajstić information content (AvgIpc) is 3.38. The lowest BCUT2D eigenvalue weighted by atomic mass is 10.2. The van der Waals surface area contributed by atoms with E-state index in [4.69, 9.17) is 9.15 Å². The van der Waals surface area contributed by atoms with Crippen molar-refractivity contribution in [3.05, 3.63) is 89.9 Å². The maximum Gasteiger partial charge on any atom is 0.292 e. The van der Waals surface area contributed by atoms with Gasteiger partial charge in [-0.25, -0.2) is 8.78 Å². The van der Waals surface area contributed by atoms with Crippen LogP contribution in [0.3, 0.4) is 0 Å². The Morgan fingerprint density at radius 1 is 1.07 bits per heavy atom. The average molecular weight is 395 g/mol. The number of aromatic nitrogens is 2. The first-order chi connectivity index (χ1) is 14.1. The molecule has 2 N–H and O–H groups in total. The molecule has 0 aliphatic carbocycles. The van der Waals surface area contributed by atoms with Crippen LogP contribution >= 0.6 is 0 Å². The highest BCUT2D eigenvalue weighted by Crippen LogP contribution is 2.21. The fourth-order valence-corrected chi connectivity index (χ4v) is 2.65. The van der Waals surface area contributed by atoms with Crippen molar-refractivity contribution in [1.29, 1.82) is 0 Å². The Morgan fingerprint density at radius 2 is 1.90 bits per heavy atom. The topological polar surface area (TPSA) is 80.2 Å². The van der Waals surface area contributed by atoms with E-state index < -0.39 is 17.5 Å². The molecule has 1 amide bonds. The Bertz CT molecular complexity index is 1140. The van der Waals surface area contributed by atoms with Gasteiger partial charge in [-0.15, -0.1) is 0 Å². The second-order valence-corrected chi connectivity index (χ2v) is 6.12. The summed E-state index contributed by atoms with van der Waals surface area (Å²) in [7, 11) is 0. The minimum absolute atomic E-state index is 0.0486. The molecule has 0 aliphatic heterocycles. The molecule has 8 heteroatoms. The first-order valence-corrected chi connectivity index (χ1v) is 8.67. The molecule has 0 bridgehead atoms. The van der Waals surface area contributed by atoms with Gasteiger partial charge < -0.3 is 14.5 Å². The van der Waals surface area contributed by atoms with E-state index in [1.54, 1.807) is 6.07 Å². The molecule has 0 radical (unpaired) electrons. The number of hydrogen-bond acceptors (Lipinski definition) is 4. The van der Waals surface area contributed by atoms with Crippen LogP contribution in [0, 0.1) is 11.6 Å². The fraction of sp³-hybridized carbons (Fsp3) is 0.0476. The molecule has 0 spiro atoms. The molecular formula is C21H15F2N3O3. The van der Waals surface area contributed by atoms with Gasteiger partial charge in [-0.05, 0) is 29.8 Å². The van der Waals surface area contributed by atoms with Gasteiger partial charge in [0, 0.05) is 12.1 Å². The van der Waals surface area contributed by atoms with Gasteiger partial charge in [0.25, 0.3) is 5.91 Å². The molecule has 0 unspecified atom stereocenters. The predicted octanol–water partition coefficient (Wildman–Crippen LogP) is 4.78. The number of ether oxygens (including phenoxy) is 1. The normalized spacial score (nSPS) is 10.7. The zero-order chi connectivity index (χ0) is 20.2. The lowest BCUT2D eigenvalue weighted by Crippen LogP contribution is -2.11. The predicted molar refractivity (Wildman–Crippen MR) is 101 cm³/mol. The summed E-state index contributed by atoms with van der Waals surface area (Å²) in [6.07, 6.45) is 0. The number of hydrogen-bond donors (Lipinski definition) is 2. The molecule has 4 aromatic rings. The third kappa shape index (κ3) is 4.32. The van der Waals surface area contributed by atoms with Crippen LogP contribution in [-0.4, -0.2) is 16.1 Å². The monoisotopic (exact) mass is 395 g/mol. The highest BCUT2D eigenvalue weighted by atomic mass is 19.1. The van der Waals surface area contributed by atoms with Crippen LogP contribution in [0.4, 0.5) is 14.6 Å². The minimum Gasteiger partial charge on any atom is -0.483 e. The fourth-order valence-electron chi connectivity index (χ4n) is 2.65. The summed E-state index contributed by atoms with van der Waals surface area (Å²) in [5.41, 5.74) is 1.70. The van der Waals surface area contributed by atoms with E-state index in [2.05, 4.69) is 15.5 Å². The molecular weight excluding hydrogens is 380 g/mol. The second-order valence-electron chi connectivity index (χ2n) is 6.12. The maximum atomic E-state index is 13.6. The number of carbonyl (C=O) groups excluding carboxylic acids is 1. The highest BCUT2D eigenvalue weighted by Gasteiger charge is 2.14. The molecule has 4 rings (SSSR count). The van der Waals surface area contributed by atoms with Crippen LogP contribution in [0.5, 0.6) is 5.75 Å². The quantitative estimate of drug-likeness (QED) is 0.492. The SMILES string of the molecule is O=C(Nc1cc(-c2ccccc2)[nH]n1)c1ccc(COc2ccc(F)cc2F)o1. The van der Waals surface area contributed by atoms with Crippen molar-refractivity contribution in [1.82, 2.24) is 10.2 Å². The lowest BCUT2D eigenvalue weighted by Gasteiger charge is -2.05. The van der Waals surface area contributed by atoms with Gasteiger partial charge in [-0.2, -0.15) is 5.10 Å². The molecule has 0 saturated heterocycles. The van der Waals surface area contributed by atoms with Crippen molar-refractivity contribution in [3.8, 4) is 17.0 Å². The summed E-state index contributed by atoms with van der Waals surface area (Å²) in [6, 6.07) is 17.3. The van der Waals surface area contributed by atoms with Crippen LogP contribution in [0.15, 0.2) is 71.1 Å². The van der Waals surface area contributed by atoms with Gasteiger partial charge in [0.05, 0.1) is 5.69 Å². The molecule has 2 aromatic carbocycles. The standard InChI is InChI=1S/C21H15F2N3O3/c22-14-6-8-18(16(23)10-14)28-12-15-7-9-19(29-15)21(27)24-20-11-17(25-26-20)13-4-2-1-3-5-13/h1-11H,12H2,(H2,24,25,26,27). The number of nitrogens with one attached hydrogen (secondary N) is 2. The van der Waals surface area contributed by atoms with Crippen molar-refractivity contribution in [2.45, 2.75) is 6.61 Å². The maximum absolute atomic E-state index is 13.6. The highest BCUT2D eigenvalue weighted by molar-refractivity contribution is 6.01. The summed E-state index contributed by atoms with van der Waals surface area (Å²) in [4.78, 5) is 12.3. The third-order valence-corrected chi connectivity index (χ3v) is 4.05. The van der Waals surface area contributed by atoms with E-state index in [1.807, 2.05) is 30.3 Å². The van der Waals surface area contributed by atoms with Gasteiger partial charge >= 0.3 is 0 Å². The molecule has 0 aliphatic rings. The number of nitrogens with zero attached hydrogens (tertiary/aromatic N) is 1. The summed E-state index contributed by atoms with van der Waals surface area (Å²) in [5, 5.41) is 9.55. The van der Waals surface area contributed by atoms with Gasteiger partial charge in [-0.3, -0.25) is 9.89 Å². The molecule has 6 nitrogen and oxygen atoms in total. The van der Waals surface area contributed by atoms with Crippen molar-refractivity contribution >= 4 is 11.7 Å². The van der Waals surface area contributed by atoms with Gasteiger partial charge in [-0.1, -0.05) is 30.3 Å². The Balaban J connectivity index is 1.38. The van der Waals surface area contributed by atoms with Crippen molar-refractivity contribution in [2.24, 2.45) is 0 Å². The first-order valence-electron chi connectivity index (χ1n) is 8.67. The third-order valence-electron chi connectivity index (χ3n) is 4.05. The zero-order valence-electron chi connectivity index (χ0n) is 15.0. The number of H-pyrrole nitrogens is 1. The number of halogens is 2. The number of benzene rings is 2. The van der Waals surface area contributed by atoms with E-state index in [1.165, 1.54) is 18.2 Å². The van der Waals surface area contributed by atoms with Crippen LogP contribution in [0.1, 0.15) is 16.3 Å². The van der Waals surface area contributed by atoms with Gasteiger partial charge in [0.2, 0.25) is 0 Å². The summed E-state index contributed by atoms with van der Waals surface area (Å²) in [5.74, 6) is -1.41. The molecule has 0 fully saturated rings. The second kappa shape index (κ2) is 7.97. The first kappa shape index (κ1) is 18.4. The van der Waals surface area contributed by atoms with Gasteiger partial charge in [0.1, 0.15) is 18.2 Å². The molecule has 29 heavy (non-hydrogen) atoms. The van der Waals surface area contributed by atoms with Crippen LogP contribution in [0.2, 0.25) is 0 Å². The summed E-state index contributed by atoms with van der Waals surface area (Å²) >= 11 is 0. The Labute approximate surface area is 164 Å². The molecule has 0 atom stereocenters. The number of furan rings is 1. The van der Waals surface area contributed by atoms with Gasteiger partial charge in [0.15, 0.2) is 23.1 Å². The van der Waals surface area contributed by atoms with E-state index >= 15 is 0 Å². The Morgan fingerprint density at radius 3 is 2.69 bits per heavy atom. The number of carbonyl (C=O) groups is 1. The Kier molecular flexibility index (Phi) is 5.07. The summed E-state index contributed by atoms with van der Waals surface area (Å²) in [6.45, 7) is -0.115. The largest absolute Gasteiger partial charge is 0.483 e. The number of anilines is 1. The molecule has 2 heterocycles. The molecule has 0 saturated carbocycles. The summed E-state index contributed by atoms with van der Waals surface area (Å²) < 4.78 is 37.2.